The van der Waals surface area contributed by atoms with Crippen LogP contribution in [-0.2, 0) is 0 Å². The van der Waals surface area contributed by atoms with Crippen LogP contribution < -0.4 is 5.32 Å². The second kappa shape index (κ2) is 6.78. The molecule has 0 bridgehead atoms. The average molecular weight is 320 g/mol. The van der Waals surface area contributed by atoms with Crippen molar-refractivity contribution >= 4 is 28.2 Å². The largest absolute Gasteiger partial charge is 0.493 e. The summed E-state index contributed by atoms with van der Waals surface area (Å²) in [6.07, 6.45) is 1.62. The lowest BCUT2D eigenvalue weighted by atomic mass is 10.2. The number of hydrogen-bond acceptors (Lipinski definition) is 4. The fourth-order valence-electron chi connectivity index (χ4n) is 2.27. The van der Waals surface area contributed by atoms with E-state index in [0.29, 0.717) is 23.5 Å². The molecule has 0 aliphatic carbocycles. The monoisotopic (exact) mass is 320 g/mol. The number of nitrogens with zero attached hydrogens (tertiary/aromatic N) is 2. The number of aromatic hydroxyl groups is 1. The Morgan fingerprint density at radius 1 is 1.17 bits per heavy atom. The van der Waals surface area contributed by atoms with Crippen molar-refractivity contribution in [2.45, 2.75) is 0 Å². The summed E-state index contributed by atoms with van der Waals surface area (Å²) in [7, 11) is 0. The first-order valence-electron chi connectivity index (χ1n) is 7.39. The van der Waals surface area contributed by atoms with Crippen LogP contribution in [0, 0.1) is 0 Å². The van der Waals surface area contributed by atoms with Crippen LogP contribution in [0.4, 0.5) is 11.4 Å². The van der Waals surface area contributed by atoms with Gasteiger partial charge in [-0.05, 0) is 30.3 Å². The molecule has 1 heterocycles. The topological polar surface area (TPSA) is 89.8 Å². The number of carbonyl (C=O) groups is 1. The molecule has 6 nitrogen and oxygen atoms in total. The van der Waals surface area contributed by atoms with E-state index in [4.69, 9.17) is 0 Å². The highest BCUT2D eigenvalue weighted by Crippen LogP contribution is 2.35. The quantitative estimate of drug-likeness (QED) is 0.485. The molecule has 1 aromatic heterocycles. The fraction of sp³-hybridized carbons (Fsp3) is 0.0556. The minimum absolute atomic E-state index is 0.0274. The highest BCUT2D eigenvalue weighted by molar-refractivity contribution is 5.95. The predicted molar refractivity (Wildman–Crippen MR) is 93.1 cm³/mol. The zero-order valence-corrected chi connectivity index (χ0v) is 12.9. The van der Waals surface area contributed by atoms with Gasteiger partial charge in [0.2, 0.25) is 5.88 Å². The first kappa shape index (κ1) is 15.5. The van der Waals surface area contributed by atoms with Gasteiger partial charge in [0.25, 0.3) is 5.91 Å². The van der Waals surface area contributed by atoms with Crippen LogP contribution in [0.1, 0.15) is 10.4 Å². The van der Waals surface area contributed by atoms with E-state index in [1.807, 2.05) is 24.3 Å². The average Bonchev–Trinajstić information content (AvgIpc) is 2.93. The van der Waals surface area contributed by atoms with Gasteiger partial charge in [0, 0.05) is 17.5 Å². The van der Waals surface area contributed by atoms with Gasteiger partial charge in [0.1, 0.15) is 0 Å². The Balaban J connectivity index is 1.80. The van der Waals surface area contributed by atoms with Gasteiger partial charge in [-0.1, -0.05) is 24.3 Å². The molecule has 0 aliphatic heterocycles. The van der Waals surface area contributed by atoms with Crippen molar-refractivity contribution in [1.29, 1.82) is 0 Å². The highest BCUT2D eigenvalue weighted by Gasteiger charge is 2.09. The summed E-state index contributed by atoms with van der Waals surface area (Å²) in [6.45, 7) is 3.97. The number of aromatic nitrogens is 1. The van der Waals surface area contributed by atoms with Crippen LogP contribution in [0.2, 0.25) is 0 Å². The minimum atomic E-state index is -0.173. The molecule has 24 heavy (non-hydrogen) atoms. The van der Waals surface area contributed by atoms with Gasteiger partial charge < -0.3 is 15.4 Å². The molecule has 0 unspecified atom stereocenters. The summed E-state index contributed by atoms with van der Waals surface area (Å²) >= 11 is 0. The fourth-order valence-corrected chi connectivity index (χ4v) is 2.27. The van der Waals surface area contributed by atoms with Crippen molar-refractivity contribution in [3.05, 3.63) is 66.7 Å². The van der Waals surface area contributed by atoms with Crippen molar-refractivity contribution in [3.8, 4) is 5.88 Å². The number of benzene rings is 2. The first-order valence-corrected chi connectivity index (χ1v) is 7.39. The Bertz CT molecular complexity index is 910. The Morgan fingerprint density at radius 2 is 1.92 bits per heavy atom. The van der Waals surface area contributed by atoms with Gasteiger partial charge in [0.05, 0.1) is 11.2 Å². The van der Waals surface area contributed by atoms with E-state index in [2.05, 4.69) is 27.1 Å². The molecule has 0 saturated heterocycles. The zero-order chi connectivity index (χ0) is 16.9. The SMILES string of the molecule is C=CCNC(=O)c1ccc(N=Nc2c(O)[nH]c3ccccc23)cc1. The number of carbonyl (C=O) groups excluding carboxylic acids is 1. The van der Waals surface area contributed by atoms with Crippen LogP contribution in [0.15, 0.2) is 71.4 Å². The molecule has 120 valence electrons. The number of fused-ring (bicyclic) bond motifs is 1. The van der Waals surface area contributed by atoms with Crippen LogP contribution in [0.25, 0.3) is 10.9 Å². The first-order chi connectivity index (χ1) is 11.7. The number of aromatic amines is 1. The van der Waals surface area contributed by atoms with Gasteiger partial charge in [-0.25, -0.2) is 0 Å². The summed E-state index contributed by atoms with van der Waals surface area (Å²) in [4.78, 5) is 14.6. The van der Waals surface area contributed by atoms with E-state index in [1.54, 1.807) is 30.3 Å². The van der Waals surface area contributed by atoms with E-state index in [1.165, 1.54) is 0 Å². The maximum Gasteiger partial charge on any atom is 0.251 e. The summed E-state index contributed by atoms with van der Waals surface area (Å²) in [6, 6.07) is 14.2. The van der Waals surface area contributed by atoms with Crippen LogP contribution >= 0.6 is 0 Å². The van der Waals surface area contributed by atoms with Crippen LogP contribution in [0.5, 0.6) is 5.88 Å². The third-order valence-electron chi connectivity index (χ3n) is 3.46. The van der Waals surface area contributed by atoms with Gasteiger partial charge in [-0.15, -0.1) is 11.7 Å². The maximum absolute atomic E-state index is 11.8. The second-order valence-corrected chi connectivity index (χ2v) is 5.11. The smallest absolute Gasteiger partial charge is 0.251 e. The van der Waals surface area contributed by atoms with Crippen LogP contribution in [-0.4, -0.2) is 22.5 Å². The molecular formula is C18H16N4O2. The molecule has 2 aromatic carbocycles. The molecular weight excluding hydrogens is 304 g/mol. The predicted octanol–water partition coefficient (Wildman–Crippen LogP) is 4.20. The molecule has 0 fully saturated rings. The van der Waals surface area contributed by atoms with Crippen molar-refractivity contribution in [2.75, 3.05) is 6.54 Å². The third kappa shape index (κ3) is 3.17. The highest BCUT2D eigenvalue weighted by atomic mass is 16.3. The van der Waals surface area contributed by atoms with Crippen molar-refractivity contribution in [1.82, 2.24) is 10.3 Å². The number of rotatable bonds is 5. The standard InChI is InChI=1S/C18H16N4O2/c1-2-11-19-17(23)12-7-9-13(10-8-12)21-22-16-14-5-3-4-6-15(14)20-18(16)24/h2-10,20,24H,1,11H2,(H,19,23). The normalized spacial score (nSPS) is 11.0. The molecule has 1 amide bonds. The number of para-hydroxylation sites is 1. The van der Waals surface area contributed by atoms with Gasteiger partial charge in [0.15, 0.2) is 5.69 Å². The molecule has 0 saturated carbocycles. The number of H-pyrrole nitrogens is 1. The van der Waals surface area contributed by atoms with E-state index in [9.17, 15) is 9.90 Å². The molecule has 3 N–H and O–H groups in total. The Kier molecular flexibility index (Phi) is 4.38. The van der Waals surface area contributed by atoms with Gasteiger partial charge in [-0.2, -0.15) is 5.11 Å². The van der Waals surface area contributed by atoms with E-state index in [0.717, 1.165) is 10.9 Å². The Labute approximate surface area is 138 Å². The van der Waals surface area contributed by atoms with Gasteiger partial charge >= 0.3 is 0 Å². The molecule has 0 radical (unpaired) electrons. The zero-order valence-electron chi connectivity index (χ0n) is 12.9. The number of amides is 1. The molecule has 3 rings (SSSR count). The van der Waals surface area contributed by atoms with E-state index < -0.39 is 0 Å². The summed E-state index contributed by atoms with van der Waals surface area (Å²) in [5, 5.41) is 21.7. The van der Waals surface area contributed by atoms with E-state index in [-0.39, 0.29) is 11.8 Å². The van der Waals surface area contributed by atoms with E-state index >= 15 is 0 Å². The lowest BCUT2D eigenvalue weighted by Crippen LogP contribution is -2.22. The molecule has 6 heteroatoms. The molecule has 0 atom stereocenters. The molecule has 0 aliphatic rings. The number of hydrogen-bond donors (Lipinski definition) is 3. The van der Waals surface area contributed by atoms with Crippen molar-refractivity contribution in [3.63, 3.8) is 0 Å². The summed E-state index contributed by atoms with van der Waals surface area (Å²) in [5.74, 6) is -0.201. The minimum Gasteiger partial charge on any atom is -0.493 e. The lowest BCUT2D eigenvalue weighted by Gasteiger charge is -2.02. The second-order valence-electron chi connectivity index (χ2n) is 5.11. The summed E-state index contributed by atoms with van der Waals surface area (Å²) < 4.78 is 0. The van der Waals surface area contributed by atoms with Gasteiger partial charge in [-0.3, -0.25) is 4.79 Å². The molecule has 0 spiro atoms. The number of nitrogens with one attached hydrogen (secondary N) is 2. The third-order valence-corrected chi connectivity index (χ3v) is 3.46. The van der Waals surface area contributed by atoms with Crippen molar-refractivity contribution in [2.24, 2.45) is 10.2 Å². The maximum atomic E-state index is 11.8. The lowest BCUT2D eigenvalue weighted by molar-refractivity contribution is 0.0958. The van der Waals surface area contributed by atoms with Crippen molar-refractivity contribution < 1.29 is 9.90 Å². The number of azo groups is 1. The Hall–Kier alpha value is -3.41. The molecule has 3 aromatic rings. The summed E-state index contributed by atoms with van der Waals surface area (Å²) in [5.41, 5.74) is 2.29. The van der Waals surface area contributed by atoms with Crippen LogP contribution in [0.3, 0.4) is 0 Å². The Morgan fingerprint density at radius 3 is 2.67 bits per heavy atom.